The van der Waals surface area contributed by atoms with Crippen molar-refractivity contribution in [3.05, 3.63) is 71.1 Å². The van der Waals surface area contributed by atoms with E-state index in [4.69, 9.17) is 16.3 Å². The summed E-state index contributed by atoms with van der Waals surface area (Å²) in [5.74, 6) is -1.74. The number of amides is 1. The highest BCUT2D eigenvalue weighted by Crippen LogP contribution is 2.28. The Kier molecular flexibility index (Phi) is 5.46. The molecule has 0 aliphatic heterocycles. The monoisotopic (exact) mass is 390 g/mol. The molecule has 6 nitrogen and oxygen atoms in total. The Morgan fingerprint density at radius 2 is 1.85 bits per heavy atom. The number of para-hydroxylation sites is 1. The van der Waals surface area contributed by atoms with E-state index in [1.165, 1.54) is 19.2 Å². The van der Waals surface area contributed by atoms with E-state index in [0.29, 0.717) is 22.3 Å². The molecule has 0 atom stereocenters. The summed E-state index contributed by atoms with van der Waals surface area (Å²) in [6.07, 6.45) is 1.15. The van der Waals surface area contributed by atoms with Gasteiger partial charge in [-0.05, 0) is 30.3 Å². The van der Waals surface area contributed by atoms with Crippen molar-refractivity contribution in [3.63, 3.8) is 0 Å². The first-order valence-corrected chi connectivity index (χ1v) is 8.03. The second-order valence-corrected chi connectivity index (χ2v) is 5.72. The van der Waals surface area contributed by atoms with E-state index in [2.05, 4.69) is 20.6 Å². The van der Waals surface area contributed by atoms with Crippen LogP contribution in [-0.2, 0) is 0 Å². The summed E-state index contributed by atoms with van der Waals surface area (Å²) in [7, 11) is 1.50. The maximum absolute atomic E-state index is 13.7. The highest BCUT2D eigenvalue weighted by Gasteiger charge is 2.15. The van der Waals surface area contributed by atoms with Crippen LogP contribution in [0.5, 0.6) is 5.75 Å². The van der Waals surface area contributed by atoms with E-state index in [1.54, 1.807) is 18.2 Å². The van der Waals surface area contributed by atoms with E-state index in [9.17, 15) is 13.6 Å². The van der Waals surface area contributed by atoms with Crippen molar-refractivity contribution in [2.24, 2.45) is 0 Å². The molecule has 2 aromatic carbocycles. The first-order chi connectivity index (χ1) is 13.0. The van der Waals surface area contributed by atoms with Crippen LogP contribution in [0.15, 0.2) is 48.8 Å². The van der Waals surface area contributed by atoms with Gasteiger partial charge in [0.1, 0.15) is 40.9 Å². The number of rotatable bonds is 5. The standard InChI is InChI=1S/C18H13ClF2N4O2/c1-27-15-6-5-10(7-11(15)19)24-16-8-14(22-9-23-16)18(26)25-17-12(20)3-2-4-13(17)21/h2-9H,1H3,(H,25,26)(H,22,23,24). The zero-order valence-corrected chi connectivity index (χ0v) is 14.7. The number of nitrogens with zero attached hydrogens (tertiary/aromatic N) is 2. The zero-order chi connectivity index (χ0) is 19.4. The maximum Gasteiger partial charge on any atom is 0.274 e. The summed E-state index contributed by atoms with van der Waals surface area (Å²) >= 11 is 6.06. The molecule has 0 spiro atoms. The number of carbonyl (C=O) groups excluding carboxylic acids is 1. The number of halogens is 3. The minimum atomic E-state index is -0.886. The molecule has 2 N–H and O–H groups in total. The number of benzene rings is 2. The Morgan fingerprint density at radius 3 is 2.52 bits per heavy atom. The molecule has 0 radical (unpaired) electrons. The third-order valence-electron chi connectivity index (χ3n) is 3.53. The van der Waals surface area contributed by atoms with Gasteiger partial charge in [0.25, 0.3) is 5.91 Å². The van der Waals surface area contributed by atoms with Gasteiger partial charge in [0, 0.05) is 11.8 Å². The first kappa shape index (κ1) is 18.5. The molecule has 3 rings (SSSR count). The minimum absolute atomic E-state index is 0.0743. The predicted octanol–water partition coefficient (Wildman–Crippen LogP) is 4.41. The highest BCUT2D eigenvalue weighted by atomic mass is 35.5. The van der Waals surface area contributed by atoms with Crippen molar-refractivity contribution in [3.8, 4) is 5.75 Å². The van der Waals surface area contributed by atoms with E-state index in [1.807, 2.05) is 0 Å². The molecule has 0 aliphatic rings. The Hall–Kier alpha value is -3.26. The minimum Gasteiger partial charge on any atom is -0.495 e. The Morgan fingerprint density at radius 1 is 1.11 bits per heavy atom. The van der Waals surface area contributed by atoms with Crippen molar-refractivity contribution >= 4 is 34.7 Å². The Bertz CT molecular complexity index is 981. The highest BCUT2D eigenvalue weighted by molar-refractivity contribution is 6.32. The summed E-state index contributed by atoms with van der Waals surface area (Å²) in [4.78, 5) is 20.1. The fourth-order valence-electron chi connectivity index (χ4n) is 2.24. The summed E-state index contributed by atoms with van der Waals surface area (Å²) < 4.78 is 32.4. The van der Waals surface area contributed by atoms with Gasteiger partial charge < -0.3 is 15.4 Å². The van der Waals surface area contributed by atoms with Gasteiger partial charge in [0.15, 0.2) is 0 Å². The van der Waals surface area contributed by atoms with Crippen molar-refractivity contribution in [1.82, 2.24) is 9.97 Å². The summed E-state index contributed by atoms with van der Waals surface area (Å²) in [6, 6.07) is 9.62. The number of anilines is 3. The quantitative estimate of drug-likeness (QED) is 0.674. The van der Waals surface area contributed by atoms with Gasteiger partial charge in [-0.15, -0.1) is 0 Å². The molecule has 0 bridgehead atoms. The lowest BCUT2D eigenvalue weighted by Crippen LogP contribution is -2.16. The lowest BCUT2D eigenvalue weighted by atomic mass is 10.2. The summed E-state index contributed by atoms with van der Waals surface area (Å²) in [5, 5.41) is 5.52. The molecule has 0 unspecified atom stereocenters. The molecule has 138 valence electrons. The molecule has 0 aliphatic carbocycles. The molecular weight excluding hydrogens is 378 g/mol. The second-order valence-electron chi connectivity index (χ2n) is 5.31. The van der Waals surface area contributed by atoms with Gasteiger partial charge in [-0.2, -0.15) is 0 Å². The second kappa shape index (κ2) is 7.96. The molecule has 27 heavy (non-hydrogen) atoms. The molecular formula is C18H13ClF2N4O2. The van der Waals surface area contributed by atoms with Crippen molar-refractivity contribution in [2.75, 3.05) is 17.7 Å². The zero-order valence-electron chi connectivity index (χ0n) is 14.0. The third kappa shape index (κ3) is 4.29. The van der Waals surface area contributed by atoms with E-state index in [-0.39, 0.29) is 5.69 Å². The summed E-state index contributed by atoms with van der Waals surface area (Å²) in [5.41, 5.74) is -0.0154. The van der Waals surface area contributed by atoms with Crippen LogP contribution in [0.3, 0.4) is 0 Å². The molecule has 3 aromatic rings. The fourth-order valence-corrected chi connectivity index (χ4v) is 2.49. The van der Waals surface area contributed by atoms with Crippen LogP contribution in [-0.4, -0.2) is 23.0 Å². The van der Waals surface area contributed by atoms with Gasteiger partial charge >= 0.3 is 0 Å². The van der Waals surface area contributed by atoms with Crippen LogP contribution in [0.4, 0.5) is 26.0 Å². The molecule has 0 fully saturated rings. The van der Waals surface area contributed by atoms with Gasteiger partial charge in [-0.25, -0.2) is 18.7 Å². The average Bonchev–Trinajstić information content (AvgIpc) is 2.65. The topological polar surface area (TPSA) is 76.1 Å². The van der Waals surface area contributed by atoms with Crippen molar-refractivity contribution in [2.45, 2.75) is 0 Å². The average molecular weight is 391 g/mol. The fraction of sp³-hybridized carbons (Fsp3) is 0.0556. The van der Waals surface area contributed by atoms with Crippen molar-refractivity contribution in [1.29, 1.82) is 0 Å². The predicted molar refractivity (Wildman–Crippen MR) is 97.6 cm³/mol. The van der Waals surface area contributed by atoms with Crippen LogP contribution in [0, 0.1) is 11.6 Å². The number of aromatic nitrogens is 2. The van der Waals surface area contributed by atoms with E-state index in [0.717, 1.165) is 18.5 Å². The van der Waals surface area contributed by atoms with Gasteiger partial charge in [0.2, 0.25) is 0 Å². The van der Waals surface area contributed by atoms with Gasteiger partial charge in [-0.3, -0.25) is 4.79 Å². The van der Waals surface area contributed by atoms with E-state index < -0.39 is 23.2 Å². The molecule has 0 saturated heterocycles. The van der Waals surface area contributed by atoms with Crippen LogP contribution < -0.4 is 15.4 Å². The number of ether oxygens (including phenoxy) is 1. The number of carbonyl (C=O) groups is 1. The van der Waals surface area contributed by atoms with Crippen LogP contribution in [0.2, 0.25) is 5.02 Å². The molecule has 9 heteroatoms. The molecule has 0 saturated carbocycles. The van der Waals surface area contributed by atoms with Crippen LogP contribution in [0.1, 0.15) is 10.5 Å². The number of hydrogen-bond donors (Lipinski definition) is 2. The van der Waals surface area contributed by atoms with Crippen LogP contribution in [0.25, 0.3) is 0 Å². The SMILES string of the molecule is COc1ccc(Nc2cc(C(=O)Nc3c(F)cccc3F)ncn2)cc1Cl. The molecule has 1 amide bonds. The van der Waals surface area contributed by atoms with Gasteiger partial charge in [-0.1, -0.05) is 17.7 Å². The number of nitrogens with one attached hydrogen (secondary N) is 2. The number of hydrogen-bond acceptors (Lipinski definition) is 5. The van der Waals surface area contributed by atoms with Crippen LogP contribution >= 0.6 is 11.6 Å². The Labute approximate surface area is 158 Å². The first-order valence-electron chi connectivity index (χ1n) is 7.66. The molecule has 1 aromatic heterocycles. The smallest absolute Gasteiger partial charge is 0.274 e. The lowest BCUT2D eigenvalue weighted by Gasteiger charge is -2.10. The largest absolute Gasteiger partial charge is 0.495 e. The normalized spacial score (nSPS) is 10.4. The summed E-state index contributed by atoms with van der Waals surface area (Å²) in [6.45, 7) is 0. The lowest BCUT2D eigenvalue weighted by molar-refractivity contribution is 0.102. The Balaban J connectivity index is 1.79. The molecule has 1 heterocycles. The number of methoxy groups -OCH3 is 1. The third-order valence-corrected chi connectivity index (χ3v) is 3.82. The maximum atomic E-state index is 13.7. The van der Waals surface area contributed by atoms with Gasteiger partial charge in [0.05, 0.1) is 12.1 Å². The van der Waals surface area contributed by atoms with Crippen molar-refractivity contribution < 1.29 is 18.3 Å². The van der Waals surface area contributed by atoms with E-state index >= 15 is 0 Å².